The molecule has 1 aromatic heterocycles. The lowest BCUT2D eigenvalue weighted by atomic mass is 10.1. The first-order valence-electron chi connectivity index (χ1n) is 4.43. The molecular formula is C11H6F2N2O. The van der Waals surface area contributed by atoms with Crippen molar-refractivity contribution in [2.24, 2.45) is 7.05 Å². The van der Waals surface area contributed by atoms with Crippen LogP contribution in [0, 0.1) is 23.0 Å². The van der Waals surface area contributed by atoms with Gasteiger partial charge in [-0.25, -0.2) is 8.78 Å². The van der Waals surface area contributed by atoms with E-state index in [1.165, 1.54) is 10.8 Å². The Hall–Kier alpha value is -2.22. The smallest absolute Gasteiger partial charge is 0.207 e. The van der Waals surface area contributed by atoms with Gasteiger partial charge in [0.2, 0.25) is 5.43 Å². The highest BCUT2D eigenvalue weighted by Gasteiger charge is 2.11. The number of fused-ring (bicyclic) bond motifs is 1. The first-order valence-corrected chi connectivity index (χ1v) is 4.43. The van der Waals surface area contributed by atoms with Crippen molar-refractivity contribution in [3.63, 3.8) is 0 Å². The fraction of sp³-hybridized carbons (Fsp3) is 0.0909. The van der Waals surface area contributed by atoms with Crippen molar-refractivity contribution in [1.82, 2.24) is 4.57 Å². The zero-order valence-corrected chi connectivity index (χ0v) is 8.29. The van der Waals surface area contributed by atoms with Crippen molar-refractivity contribution < 1.29 is 8.78 Å². The molecule has 1 heterocycles. The average molecular weight is 220 g/mol. The van der Waals surface area contributed by atoms with Crippen LogP contribution in [0.15, 0.2) is 23.1 Å². The van der Waals surface area contributed by atoms with Gasteiger partial charge in [-0.05, 0) is 6.07 Å². The van der Waals surface area contributed by atoms with Crippen LogP contribution in [-0.4, -0.2) is 4.57 Å². The van der Waals surface area contributed by atoms with Crippen molar-refractivity contribution in [3.05, 3.63) is 45.8 Å². The van der Waals surface area contributed by atoms with Crippen LogP contribution in [0.4, 0.5) is 8.78 Å². The maximum Gasteiger partial charge on any atom is 0.207 e. The fourth-order valence-electron chi connectivity index (χ4n) is 1.56. The third-order valence-electron chi connectivity index (χ3n) is 2.35. The second-order valence-electron chi connectivity index (χ2n) is 3.38. The summed E-state index contributed by atoms with van der Waals surface area (Å²) in [5.41, 5.74) is -0.432. The second kappa shape index (κ2) is 3.42. The molecule has 2 aromatic rings. The molecule has 0 bridgehead atoms. The minimum atomic E-state index is -1.10. The molecule has 5 heteroatoms. The summed E-state index contributed by atoms with van der Waals surface area (Å²) in [5, 5.41) is 8.70. The van der Waals surface area contributed by atoms with Gasteiger partial charge in [0.05, 0.1) is 10.9 Å². The summed E-state index contributed by atoms with van der Waals surface area (Å²) in [7, 11) is 1.56. The minimum Gasteiger partial charge on any atom is -0.349 e. The van der Waals surface area contributed by atoms with Crippen LogP contribution in [0.1, 0.15) is 5.56 Å². The van der Waals surface area contributed by atoms with E-state index in [0.29, 0.717) is 0 Å². The Morgan fingerprint density at radius 2 is 1.94 bits per heavy atom. The van der Waals surface area contributed by atoms with E-state index in [1.54, 1.807) is 13.1 Å². The van der Waals surface area contributed by atoms with Gasteiger partial charge in [-0.2, -0.15) is 5.26 Å². The lowest BCUT2D eigenvalue weighted by Gasteiger charge is -2.06. The topological polar surface area (TPSA) is 45.8 Å². The van der Waals surface area contributed by atoms with Crippen LogP contribution in [0.25, 0.3) is 10.9 Å². The molecule has 16 heavy (non-hydrogen) atoms. The van der Waals surface area contributed by atoms with Crippen LogP contribution >= 0.6 is 0 Å². The maximum absolute atomic E-state index is 13.0. The Labute approximate surface area is 89.2 Å². The van der Waals surface area contributed by atoms with E-state index in [-0.39, 0.29) is 16.5 Å². The molecule has 0 unspecified atom stereocenters. The molecule has 3 nitrogen and oxygen atoms in total. The molecule has 1 aromatic carbocycles. The third-order valence-corrected chi connectivity index (χ3v) is 2.35. The van der Waals surface area contributed by atoms with Crippen molar-refractivity contribution in [2.45, 2.75) is 0 Å². The summed E-state index contributed by atoms with van der Waals surface area (Å²) in [5.74, 6) is -2.12. The normalized spacial score (nSPS) is 10.4. The molecule has 0 amide bonds. The monoisotopic (exact) mass is 220 g/mol. The molecule has 0 atom stereocenters. The molecule has 0 saturated heterocycles. The van der Waals surface area contributed by atoms with Gasteiger partial charge in [-0.1, -0.05) is 0 Å². The standard InChI is InChI=1S/C11H6F2N2O/c1-15-5-6(4-14)11(16)7-2-8(12)9(13)3-10(7)15/h2-3,5H,1H3. The van der Waals surface area contributed by atoms with Gasteiger partial charge in [0.1, 0.15) is 11.6 Å². The van der Waals surface area contributed by atoms with Crippen LogP contribution in [-0.2, 0) is 7.05 Å². The summed E-state index contributed by atoms with van der Waals surface area (Å²) in [4.78, 5) is 11.7. The van der Waals surface area contributed by atoms with Gasteiger partial charge in [0.15, 0.2) is 11.6 Å². The molecule has 0 fully saturated rings. The SMILES string of the molecule is Cn1cc(C#N)c(=O)c2cc(F)c(F)cc21. The molecule has 0 radical (unpaired) electrons. The Balaban J connectivity index is 3.04. The van der Waals surface area contributed by atoms with Crippen molar-refractivity contribution >= 4 is 10.9 Å². The lowest BCUT2D eigenvalue weighted by Crippen LogP contribution is -2.11. The molecule has 0 aliphatic carbocycles. The van der Waals surface area contributed by atoms with E-state index >= 15 is 0 Å². The number of benzene rings is 1. The molecule has 0 saturated carbocycles. The third kappa shape index (κ3) is 1.36. The zero-order chi connectivity index (χ0) is 11.9. The Morgan fingerprint density at radius 1 is 1.31 bits per heavy atom. The molecule has 0 spiro atoms. The Bertz CT molecular complexity index is 683. The minimum absolute atomic E-state index is 0.000417. The Kier molecular flexibility index (Phi) is 2.20. The largest absolute Gasteiger partial charge is 0.349 e. The number of hydrogen-bond donors (Lipinski definition) is 0. The van der Waals surface area contributed by atoms with Gasteiger partial charge in [0, 0.05) is 19.3 Å². The predicted molar refractivity (Wildman–Crippen MR) is 53.8 cm³/mol. The van der Waals surface area contributed by atoms with Gasteiger partial charge in [0.25, 0.3) is 0 Å². The summed E-state index contributed by atoms with van der Waals surface area (Å²) < 4.78 is 27.4. The van der Waals surface area contributed by atoms with E-state index in [9.17, 15) is 13.6 Å². The molecule has 80 valence electrons. The van der Waals surface area contributed by atoms with Crippen molar-refractivity contribution in [3.8, 4) is 6.07 Å². The van der Waals surface area contributed by atoms with Crippen LogP contribution in [0.5, 0.6) is 0 Å². The Morgan fingerprint density at radius 3 is 2.56 bits per heavy atom. The van der Waals surface area contributed by atoms with E-state index in [0.717, 1.165) is 12.1 Å². The van der Waals surface area contributed by atoms with Crippen molar-refractivity contribution in [1.29, 1.82) is 5.26 Å². The molecule has 2 rings (SSSR count). The van der Waals surface area contributed by atoms with E-state index in [4.69, 9.17) is 5.26 Å². The van der Waals surface area contributed by atoms with Gasteiger partial charge in [-0.3, -0.25) is 4.79 Å². The summed E-state index contributed by atoms with van der Waals surface area (Å²) >= 11 is 0. The van der Waals surface area contributed by atoms with E-state index < -0.39 is 17.1 Å². The van der Waals surface area contributed by atoms with Crippen LogP contribution in [0.2, 0.25) is 0 Å². The van der Waals surface area contributed by atoms with Crippen molar-refractivity contribution in [2.75, 3.05) is 0 Å². The highest BCUT2D eigenvalue weighted by atomic mass is 19.2. The molecular weight excluding hydrogens is 214 g/mol. The van der Waals surface area contributed by atoms with E-state index in [1.807, 2.05) is 0 Å². The number of rotatable bonds is 0. The summed E-state index contributed by atoms with van der Waals surface area (Å²) in [6, 6.07) is 3.46. The fourth-order valence-corrected chi connectivity index (χ4v) is 1.56. The summed E-state index contributed by atoms with van der Waals surface area (Å²) in [6.45, 7) is 0. The van der Waals surface area contributed by atoms with E-state index in [2.05, 4.69) is 0 Å². The summed E-state index contributed by atoms with van der Waals surface area (Å²) in [6.07, 6.45) is 1.29. The molecule has 0 aliphatic heterocycles. The number of hydrogen-bond acceptors (Lipinski definition) is 2. The predicted octanol–water partition coefficient (Wildman–Crippen LogP) is 1.69. The number of aryl methyl sites for hydroxylation is 1. The van der Waals surface area contributed by atoms with Gasteiger partial charge < -0.3 is 4.57 Å². The van der Waals surface area contributed by atoms with Crippen LogP contribution < -0.4 is 5.43 Å². The number of aromatic nitrogens is 1. The maximum atomic E-state index is 13.0. The molecule has 0 N–H and O–H groups in total. The first-order chi connectivity index (χ1) is 7.54. The second-order valence-corrected chi connectivity index (χ2v) is 3.38. The number of halogens is 2. The molecule has 0 aliphatic rings. The van der Waals surface area contributed by atoms with Gasteiger partial charge >= 0.3 is 0 Å². The number of pyridine rings is 1. The first kappa shape index (κ1) is 10.3. The quantitative estimate of drug-likeness (QED) is 0.678. The zero-order valence-electron chi connectivity index (χ0n) is 8.29. The highest BCUT2D eigenvalue weighted by Crippen LogP contribution is 2.15. The number of nitrogens with zero attached hydrogens (tertiary/aromatic N) is 2. The van der Waals surface area contributed by atoms with Crippen LogP contribution in [0.3, 0.4) is 0 Å². The lowest BCUT2D eigenvalue weighted by molar-refractivity contribution is 0.510. The average Bonchev–Trinajstić information content (AvgIpc) is 2.26. The number of nitriles is 1. The highest BCUT2D eigenvalue weighted by molar-refractivity contribution is 5.80. The van der Waals surface area contributed by atoms with Gasteiger partial charge in [-0.15, -0.1) is 0 Å².